The summed E-state index contributed by atoms with van der Waals surface area (Å²) in [7, 11) is 0. The van der Waals surface area contributed by atoms with Gasteiger partial charge < -0.3 is 0 Å². The normalized spacial score (nSPS) is 11.1. The average Bonchev–Trinajstić information content (AvgIpc) is 3.14. The minimum atomic E-state index is 1.04. The van der Waals surface area contributed by atoms with Crippen LogP contribution in [0.3, 0.4) is 0 Å². The van der Waals surface area contributed by atoms with Crippen molar-refractivity contribution in [1.82, 2.24) is 9.97 Å². The van der Waals surface area contributed by atoms with Crippen LogP contribution in [-0.2, 0) is 0 Å². The van der Waals surface area contributed by atoms with Crippen molar-refractivity contribution in [2.24, 2.45) is 0 Å². The van der Waals surface area contributed by atoms with Gasteiger partial charge in [0.1, 0.15) is 0 Å². The van der Waals surface area contributed by atoms with Crippen molar-refractivity contribution < 1.29 is 0 Å². The van der Waals surface area contributed by atoms with Gasteiger partial charge in [0, 0.05) is 10.9 Å². The maximum Gasteiger partial charge on any atom is 0.158 e. The van der Waals surface area contributed by atoms with Crippen molar-refractivity contribution in [3.8, 4) is 11.3 Å². The van der Waals surface area contributed by atoms with Crippen LogP contribution in [0.25, 0.3) is 21.5 Å². The molecule has 0 spiro atoms. The Morgan fingerprint density at radius 2 is 1.73 bits per heavy atom. The lowest BCUT2D eigenvalue weighted by Crippen LogP contribution is -1.78. The third-order valence-electron chi connectivity index (χ3n) is 3.28. The molecule has 2 nitrogen and oxygen atoms in total. The van der Waals surface area contributed by atoms with Gasteiger partial charge in [-0.25, -0.2) is 9.97 Å². The summed E-state index contributed by atoms with van der Waals surface area (Å²) < 4.78 is 3.31. The number of thiazole rings is 2. The van der Waals surface area contributed by atoms with Crippen LogP contribution in [-0.4, -0.2) is 9.97 Å². The monoisotopic (exact) mass is 340 g/mol. The molecule has 2 aromatic heterocycles. The molecule has 0 radical (unpaired) electrons. The van der Waals surface area contributed by atoms with Crippen LogP contribution in [0.2, 0.25) is 0 Å². The maximum absolute atomic E-state index is 4.72. The molecule has 4 aromatic rings. The number of nitrogens with zero attached hydrogens (tertiary/aromatic N) is 2. The summed E-state index contributed by atoms with van der Waals surface area (Å²) in [5.41, 5.74) is 4.53. The molecule has 0 aliphatic carbocycles. The topological polar surface area (TPSA) is 25.8 Å². The van der Waals surface area contributed by atoms with Gasteiger partial charge in [0.25, 0.3) is 0 Å². The molecule has 108 valence electrons. The predicted octanol–water partition coefficient (Wildman–Crippen LogP) is 5.88. The molecule has 0 amide bonds. The molecule has 2 heterocycles. The highest BCUT2D eigenvalue weighted by Gasteiger charge is 2.09. The zero-order valence-corrected chi connectivity index (χ0v) is 14.3. The van der Waals surface area contributed by atoms with Crippen LogP contribution in [0, 0.1) is 6.92 Å². The first kappa shape index (κ1) is 13.9. The molecule has 5 heteroatoms. The molecule has 0 unspecified atom stereocenters. The first-order valence-corrected chi connectivity index (χ1v) is 9.35. The Kier molecular flexibility index (Phi) is 3.70. The van der Waals surface area contributed by atoms with Crippen LogP contribution >= 0.6 is 34.4 Å². The summed E-state index contributed by atoms with van der Waals surface area (Å²) in [6, 6.07) is 16.7. The number of aromatic nitrogens is 2. The van der Waals surface area contributed by atoms with Gasteiger partial charge in [-0.15, -0.1) is 22.7 Å². The molecule has 0 aliphatic rings. The SMILES string of the molecule is Cc1ccc(-c2csc(Sc3nc4ccccc4s3)n2)cc1. The molecular formula is C17H12N2S3. The quantitative estimate of drug-likeness (QED) is 0.466. The van der Waals surface area contributed by atoms with E-state index in [1.54, 1.807) is 34.4 Å². The highest BCUT2D eigenvalue weighted by molar-refractivity contribution is 8.02. The first-order valence-electron chi connectivity index (χ1n) is 6.84. The minimum absolute atomic E-state index is 1.04. The lowest BCUT2D eigenvalue weighted by molar-refractivity contribution is 1.23. The smallest absolute Gasteiger partial charge is 0.158 e. The second-order valence-electron chi connectivity index (χ2n) is 4.91. The lowest BCUT2D eigenvalue weighted by Gasteiger charge is -1.96. The van der Waals surface area contributed by atoms with E-state index in [9.17, 15) is 0 Å². The Labute approximate surface area is 140 Å². The number of para-hydroxylation sites is 1. The number of hydrogen-bond donors (Lipinski definition) is 0. The van der Waals surface area contributed by atoms with E-state index in [4.69, 9.17) is 4.98 Å². The zero-order valence-electron chi connectivity index (χ0n) is 11.8. The van der Waals surface area contributed by atoms with Crippen molar-refractivity contribution >= 4 is 44.7 Å². The third kappa shape index (κ3) is 2.79. The molecule has 0 saturated carbocycles. The fourth-order valence-electron chi connectivity index (χ4n) is 2.13. The average molecular weight is 340 g/mol. The number of fused-ring (bicyclic) bond motifs is 1. The molecule has 0 saturated heterocycles. The summed E-state index contributed by atoms with van der Waals surface area (Å²) in [6.07, 6.45) is 0. The second-order valence-corrected chi connectivity index (χ2v) is 8.30. The Bertz CT molecular complexity index is 889. The minimum Gasteiger partial charge on any atom is -0.229 e. The number of aryl methyl sites for hydroxylation is 1. The lowest BCUT2D eigenvalue weighted by atomic mass is 10.1. The zero-order chi connectivity index (χ0) is 14.9. The molecule has 0 N–H and O–H groups in total. The third-order valence-corrected chi connectivity index (χ3v) is 6.31. The molecule has 22 heavy (non-hydrogen) atoms. The predicted molar refractivity (Wildman–Crippen MR) is 96.0 cm³/mol. The van der Waals surface area contributed by atoms with Crippen LogP contribution in [0.1, 0.15) is 5.56 Å². The van der Waals surface area contributed by atoms with Crippen molar-refractivity contribution in [3.63, 3.8) is 0 Å². The maximum atomic E-state index is 4.72. The highest BCUT2D eigenvalue weighted by atomic mass is 32.2. The summed E-state index contributed by atoms with van der Waals surface area (Å²) in [4.78, 5) is 9.37. The van der Waals surface area contributed by atoms with Gasteiger partial charge >= 0.3 is 0 Å². The number of rotatable bonds is 3. The fraction of sp³-hybridized carbons (Fsp3) is 0.0588. The Hall–Kier alpha value is -1.69. The van der Waals surface area contributed by atoms with E-state index in [1.807, 2.05) is 12.1 Å². The van der Waals surface area contributed by atoms with Gasteiger partial charge in [0.2, 0.25) is 0 Å². The number of benzene rings is 2. The standard InChI is InChI=1S/C17H12N2S3/c1-11-6-8-12(9-7-11)14-10-20-16(19-14)22-17-18-13-4-2-3-5-15(13)21-17/h2-10H,1H3. The Morgan fingerprint density at radius 3 is 2.55 bits per heavy atom. The van der Waals surface area contributed by atoms with Crippen molar-refractivity contribution in [3.05, 3.63) is 59.5 Å². The Balaban J connectivity index is 1.60. The highest BCUT2D eigenvalue weighted by Crippen LogP contribution is 2.37. The molecule has 0 bridgehead atoms. The van der Waals surface area contributed by atoms with E-state index < -0.39 is 0 Å². The molecule has 0 atom stereocenters. The summed E-state index contributed by atoms with van der Waals surface area (Å²) >= 11 is 5.04. The molecular weight excluding hydrogens is 328 g/mol. The Morgan fingerprint density at radius 1 is 0.909 bits per heavy atom. The van der Waals surface area contributed by atoms with Crippen molar-refractivity contribution in [2.45, 2.75) is 15.6 Å². The van der Waals surface area contributed by atoms with Crippen LogP contribution in [0.4, 0.5) is 0 Å². The van der Waals surface area contributed by atoms with E-state index in [0.29, 0.717) is 0 Å². The summed E-state index contributed by atoms with van der Waals surface area (Å²) in [6.45, 7) is 2.10. The van der Waals surface area contributed by atoms with E-state index in [0.717, 1.165) is 25.5 Å². The van der Waals surface area contributed by atoms with Gasteiger partial charge in [-0.05, 0) is 30.8 Å². The second kappa shape index (κ2) is 5.83. The first-order chi connectivity index (χ1) is 10.8. The van der Waals surface area contributed by atoms with Crippen molar-refractivity contribution in [2.75, 3.05) is 0 Å². The number of hydrogen-bond acceptors (Lipinski definition) is 5. The van der Waals surface area contributed by atoms with Crippen molar-refractivity contribution in [1.29, 1.82) is 0 Å². The van der Waals surface area contributed by atoms with Gasteiger partial charge in [-0.3, -0.25) is 0 Å². The van der Waals surface area contributed by atoms with E-state index in [-0.39, 0.29) is 0 Å². The summed E-state index contributed by atoms with van der Waals surface area (Å²) in [5.74, 6) is 0. The van der Waals surface area contributed by atoms with E-state index >= 15 is 0 Å². The summed E-state index contributed by atoms with van der Waals surface area (Å²) in [5, 5.41) is 2.11. The van der Waals surface area contributed by atoms with Crippen LogP contribution in [0.15, 0.2) is 62.6 Å². The van der Waals surface area contributed by atoms with Crippen LogP contribution < -0.4 is 0 Å². The largest absolute Gasteiger partial charge is 0.229 e. The van der Waals surface area contributed by atoms with Gasteiger partial charge in [-0.2, -0.15) is 0 Å². The fourth-order valence-corrected chi connectivity index (χ4v) is 5.22. The van der Waals surface area contributed by atoms with E-state index in [2.05, 4.69) is 53.7 Å². The molecule has 0 aliphatic heterocycles. The van der Waals surface area contributed by atoms with Gasteiger partial charge in [0.05, 0.1) is 15.9 Å². The van der Waals surface area contributed by atoms with E-state index in [1.165, 1.54) is 10.3 Å². The van der Waals surface area contributed by atoms with Crippen LogP contribution in [0.5, 0.6) is 0 Å². The molecule has 4 rings (SSSR count). The molecule has 2 aromatic carbocycles. The van der Waals surface area contributed by atoms with Gasteiger partial charge in [-0.1, -0.05) is 42.0 Å². The molecule has 0 fully saturated rings. The van der Waals surface area contributed by atoms with Gasteiger partial charge in [0.15, 0.2) is 8.68 Å².